The SMILES string of the molecule is CCC1=C(C)/C(=C/C2=NC(Cc3[nH]c(CC4NC(=O)[C@@](C)(N)[C@H]4CC)c(C)c3CCC(=O)O)C(CCC(=O)O)=C2C)NC1=O. The van der Waals surface area contributed by atoms with Gasteiger partial charge in [0.1, 0.15) is 0 Å². The van der Waals surface area contributed by atoms with Crippen LogP contribution in [0.5, 0.6) is 0 Å². The van der Waals surface area contributed by atoms with Crippen LogP contribution < -0.4 is 16.4 Å². The van der Waals surface area contributed by atoms with Gasteiger partial charge in [-0.05, 0) is 87.3 Å². The number of hydrogen-bond donors (Lipinski definition) is 6. The van der Waals surface area contributed by atoms with Crippen molar-refractivity contribution in [2.75, 3.05) is 0 Å². The van der Waals surface area contributed by atoms with Gasteiger partial charge in [0.15, 0.2) is 0 Å². The Bertz CT molecular complexity index is 1510. The number of aromatic amines is 1. The Morgan fingerprint density at radius 1 is 1.00 bits per heavy atom. The van der Waals surface area contributed by atoms with Crippen molar-refractivity contribution in [3.8, 4) is 0 Å². The highest BCUT2D eigenvalue weighted by atomic mass is 16.4. The molecule has 7 N–H and O–H groups in total. The zero-order valence-corrected chi connectivity index (χ0v) is 26.5. The van der Waals surface area contributed by atoms with Gasteiger partial charge in [0, 0.05) is 60.3 Å². The van der Waals surface area contributed by atoms with E-state index in [-0.39, 0.29) is 42.7 Å². The second-order valence-electron chi connectivity index (χ2n) is 12.4. The summed E-state index contributed by atoms with van der Waals surface area (Å²) in [4.78, 5) is 56.7. The molecule has 11 heteroatoms. The Morgan fingerprint density at radius 3 is 2.25 bits per heavy atom. The van der Waals surface area contributed by atoms with Gasteiger partial charge < -0.3 is 31.6 Å². The first-order chi connectivity index (χ1) is 20.7. The number of nitrogens with two attached hydrogens (primary N) is 1. The number of aliphatic imine (C=N–C) groups is 1. The second-order valence-corrected chi connectivity index (χ2v) is 12.4. The Morgan fingerprint density at radius 2 is 1.66 bits per heavy atom. The van der Waals surface area contributed by atoms with Crippen molar-refractivity contribution >= 4 is 29.5 Å². The van der Waals surface area contributed by atoms with Crippen LogP contribution in [0.1, 0.15) is 89.2 Å². The summed E-state index contributed by atoms with van der Waals surface area (Å²) in [6.45, 7) is 11.5. The lowest BCUT2D eigenvalue weighted by Gasteiger charge is -2.26. The quantitative estimate of drug-likeness (QED) is 0.198. The maximum atomic E-state index is 12.6. The smallest absolute Gasteiger partial charge is 0.303 e. The molecule has 44 heavy (non-hydrogen) atoms. The molecule has 0 bridgehead atoms. The van der Waals surface area contributed by atoms with Crippen LogP contribution in [0.15, 0.2) is 39.1 Å². The second kappa shape index (κ2) is 12.9. The van der Waals surface area contributed by atoms with Gasteiger partial charge in [-0.3, -0.25) is 24.2 Å². The van der Waals surface area contributed by atoms with Crippen molar-refractivity contribution in [1.82, 2.24) is 15.6 Å². The highest BCUT2D eigenvalue weighted by Crippen LogP contribution is 2.35. The van der Waals surface area contributed by atoms with Crippen molar-refractivity contribution in [2.45, 2.75) is 111 Å². The van der Waals surface area contributed by atoms with Gasteiger partial charge in [0.25, 0.3) is 5.91 Å². The molecule has 4 atom stereocenters. The standard InChI is InChI=1S/C33H45N5O6/c1-7-19-16(3)25(37-31(19)43)13-23-17(4)20(9-11-29(39)40)26(35-23)15-27-21(10-12-30(41)42)18(5)24(36-27)14-28-22(8-2)33(6,34)32(44)38-28/h13,22,26,28,36H,7-12,14-15,34H2,1-6H3,(H,37,43)(H,38,44)(H,39,40)(H,41,42)/b25-13-/t22-,26?,28?,33-/m0/s1. The average molecular weight is 608 g/mol. The molecule has 2 unspecified atom stereocenters. The number of aromatic nitrogens is 1. The number of carbonyl (C=O) groups is 4. The third-order valence-electron chi connectivity index (χ3n) is 9.67. The van der Waals surface area contributed by atoms with E-state index < -0.39 is 17.5 Å². The van der Waals surface area contributed by atoms with Gasteiger partial charge in [-0.25, -0.2) is 0 Å². The van der Waals surface area contributed by atoms with Crippen LogP contribution in [0.4, 0.5) is 0 Å². The lowest BCUT2D eigenvalue weighted by molar-refractivity contribution is -0.138. The Kier molecular flexibility index (Phi) is 9.68. The first kappa shape index (κ1) is 32.9. The summed E-state index contributed by atoms with van der Waals surface area (Å²) in [6, 6.07) is -0.522. The fourth-order valence-corrected chi connectivity index (χ4v) is 7.03. The summed E-state index contributed by atoms with van der Waals surface area (Å²) in [7, 11) is 0. The van der Waals surface area contributed by atoms with E-state index in [0.29, 0.717) is 43.5 Å². The van der Waals surface area contributed by atoms with Gasteiger partial charge in [-0.2, -0.15) is 0 Å². The topological polar surface area (TPSA) is 187 Å². The largest absolute Gasteiger partial charge is 0.481 e. The van der Waals surface area contributed by atoms with Crippen molar-refractivity contribution < 1.29 is 29.4 Å². The molecule has 1 aromatic heterocycles. The molecule has 2 amide bonds. The van der Waals surface area contributed by atoms with Crippen LogP contribution in [0.25, 0.3) is 0 Å². The molecule has 11 nitrogen and oxygen atoms in total. The van der Waals surface area contributed by atoms with Crippen molar-refractivity contribution in [3.63, 3.8) is 0 Å². The Balaban J connectivity index is 1.70. The maximum absolute atomic E-state index is 12.6. The van der Waals surface area contributed by atoms with Crippen LogP contribution in [0.2, 0.25) is 0 Å². The number of allylic oxidation sites excluding steroid dienone is 3. The minimum Gasteiger partial charge on any atom is -0.481 e. The summed E-state index contributed by atoms with van der Waals surface area (Å²) in [5.74, 6) is -2.15. The molecule has 0 radical (unpaired) electrons. The lowest BCUT2D eigenvalue weighted by Crippen LogP contribution is -2.48. The molecule has 1 fully saturated rings. The molecule has 0 spiro atoms. The molecule has 0 saturated carbocycles. The molecule has 1 aromatic rings. The van der Waals surface area contributed by atoms with Gasteiger partial charge >= 0.3 is 11.9 Å². The zero-order chi connectivity index (χ0) is 32.5. The van der Waals surface area contributed by atoms with E-state index in [4.69, 9.17) is 10.7 Å². The van der Waals surface area contributed by atoms with Gasteiger partial charge in [0.05, 0.1) is 17.3 Å². The zero-order valence-electron chi connectivity index (χ0n) is 26.5. The number of carbonyl (C=O) groups excluding carboxylic acids is 2. The average Bonchev–Trinajstić information content (AvgIpc) is 3.57. The molecule has 1 saturated heterocycles. The van der Waals surface area contributed by atoms with Crippen LogP contribution in [0, 0.1) is 12.8 Å². The number of hydrogen-bond acceptors (Lipinski definition) is 6. The fourth-order valence-electron chi connectivity index (χ4n) is 7.03. The minimum atomic E-state index is -0.968. The molecule has 0 aliphatic carbocycles. The third kappa shape index (κ3) is 6.43. The highest BCUT2D eigenvalue weighted by Gasteiger charge is 2.48. The first-order valence-electron chi connectivity index (χ1n) is 15.4. The number of amides is 2. The molecule has 3 aliphatic rings. The summed E-state index contributed by atoms with van der Waals surface area (Å²) < 4.78 is 0. The van der Waals surface area contributed by atoms with Gasteiger partial charge in [0.2, 0.25) is 5.91 Å². The van der Waals surface area contributed by atoms with E-state index in [1.807, 2.05) is 40.7 Å². The van der Waals surface area contributed by atoms with Crippen molar-refractivity contribution in [3.05, 3.63) is 56.6 Å². The number of carboxylic acids is 2. The van der Waals surface area contributed by atoms with Gasteiger partial charge in [-0.1, -0.05) is 13.8 Å². The number of rotatable bonds is 13. The van der Waals surface area contributed by atoms with Gasteiger partial charge in [-0.15, -0.1) is 0 Å². The molecular formula is C33H45N5O6. The highest BCUT2D eigenvalue weighted by molar-refractivity contribution is 6.12. The third-order valence-corrected chi connectivity index (χ3v) is 9.67. The van der Waals surface area contributed by atoms with E-state index in [2.05, 4.69) is 15.6 Å². The summed E-state index contributed by atoms with van der Waals surface area (Å²) in [6.07, 6.45) is 4.73. The summed E-state index contributed by atoms with van der Waals surface area (Å²) in [5, 5.41) is 24.9. The molecule has 4 rings (SSSR count). The maximum Gasteiger partial charge on any atom is 0.303 e. The van der Waals surface area contributed by atoms with Crippen molar-refractivity contribution in [1.29, 1.82) is 0 Å². The summed E-state index contributed by atoms with van der Waals surface area (Å²) >= 11 is 0. The number of nitrogens with zero attached hydrogens (tertiary/aromatic N) is 1. The lowest BCUT2D eigenvalue weighted by atomic mass is 9.81. The normalized spacial score (nSPS) is 26.1. The number of H-pyrrole nitrogens is 1. The molecule has 0 aromatic carbocycles. The van der Waals surface area contributed by atoms with E-state index in [1.165, 1.54) is 0 Å². The molecule has 3 aliphatic heterocycles. The first-order valence-corrected chi connectivity index (χ1v) is 15.4. The van der Waals surface area contributed by atoms with E-state index in [1.54, 1.807) is 6.92 Å². The molecular weight excluding hydrogens is 562 g/mol. The monoisotopic (exact) mass is 607 g/mol. The predicted octanol–water partition coefficient (Wildman–Crippen LogP) is 3.41. The van der Waals surface area contributed by atoms with Crippen LogP contribution in [-0.2, 0) is 38.4 Å². The Hall–Kier alpha value is -3.99. The van der Waals surface area contributed by atoms with Crippen LogP contribution in [0.3, 0.4) is 0 Å². The summed E-state index contributed by atoms with van der Waals surface area (Å²) in [5.41, 5.74) is 13.8. The van der Waals surface area contributed by atoms with Crippen molar-refractivity contribution in [2.24, 2.45) is 16.6 Å². The number of carboxylic acid groups (broad SMARTS) is 2. The van der Waals surface area contributed by atoms with E-state index in [9.17, 15) is 29.4 Å². The van der Waals surface area contributed by atoms with Crippen LogP contribution in [-0.4, -0.2) is 62.3 Å². The Labute approximate surface area is 258 Å². The number of aliphatic carboxylic acids is 2. The minimum absolute atomic E-state index is 0.0408. The fraction of sp³-hybridized carbons (Fsp3) is 0.545. The van der Waals surface area contributed by atoms with E-state index in [0.717, 1.165) is 51.2 Å². The number of nitrogens with one attached hydrogen (secondary N) is 3. The predicted molar refractivity (Wildman–Crippen MR) is 167 cm³/mol. The molecule has 238 valence electrons. The molecule has 4 heterocycles. The van der Waals surface area contributed by atoms with Crippen LogP contribution >= 0.6 is 0 Å². The van der Waals surface area contributed by atoms with E-state index >= 15 is 0 Å².